The Morgan fingerprint density at radius 3 is 2.76 bits per heavy atom. The van der Waals surface area contributed by atoms with Gasteiger partial charge in [0.25, 0.3) is 5.91 Å². The molecule has 17 heavy (non-hydrogen) atoms. The smallest absolute Gasteiger partial charge is 0.253 e. The summed E-state index contributed by atoms with van der Waals surface area (Å²) in [5.41, 5.74) is 6.81. The summed E-state index contributed by atoms with van der Waals surface area (Å²) in [5, 5.41) is 3.77. The van der Waals surface area contributed by atoms with Gasteiger partial charge in [-0.15, -0.1) is 0 Å². The number of nitrogens with one attached hydrogen (secondary N) is 1. The number of carbonyl (C=O) groups excluding carboxylic acids is 1. The minimum atomic E-state index is -0.0384. The van der Waals surface area contributed by atoms with Gasteiger partial charge in [0, 0.05) is 26.2 Å². The highest BCUT2D eigenvalue weighted by molar-refractivity contribution is 6.33. The maximum absolute atomic E-state index is 11.8. The number of hydrogen-bond donors (Lipinski definition) is 2. The van der Waals surface area contributed by atoms with E-state index in [4.69, 9.17) is 17.3 Å². The van der Waals surface area contributed by atoms with E-state index in [0.29, 0.717) is 17.1 Å². The van der Waals surface area contributed by atoms with Crippen molar-refractivity contribution in [3.63, 3.8) is 0 Å². The fraction of sp³-hybridized carbons (Fsp3) is 0.417. The zero-order chi connectivity index (χ0) is 12.8. The zero-order valence-electron chi connectivity index (χ0n) is 10.2. The predicted molar refractivity (Wildman–Crippen MR) is 71.6 cm³/mol. The van der Waals surface area contributed by atoms with Gasteiger partial charge in [0.05, 0.1) is 10.7 Å². The van der Waals surface area contributed by atoms with Gasteiger partial charge >= 0.3 is 0 Å². The Balaban J connectivity index is 2.83. The molecule has 0 heterocycles. The quantitative estimate of drug-likeness (QED) is 0.789. The van der Waals surface area contributed by atoms with Crippen molar-refractivity contribution in [1.82, 2.24) is 4.90 Å². The molecule has 0 bridgehead atoms. The van der Waals surface area contributed by atoms with Crippen molar-refractivity contribution in [3.05, 3.63) is 28.8 Å². The SMILES string of the molecule is CN(C)C(=O)c1ccc(Cl)c(NCCCN)c1. The van der Waals surface area contributed by atoms with Gasteiger partial charge in [-0.2, -0.15) is 0 Å². The molecule has 4 nitrogen and oxygen atoms in total. The largest absolute Gasteiger partial charge is 0.384 e. The van der Waals surface area contributed by atoms with E-state index in [2.05, 4.69) is 5.32 Å². The molecule has 5 heteroatoms. The molecule has 1 aromatic rings. The number of halogens is 1. The fourth-order valence-electron chi connectivity index (χ4n) is 1.38. The number of anilines is 1. The average molecular weight is 256 g/mol. The van der Waals surface area contributed by atoms with E-state index in [1.165, 1.54) is 4.90 Å². The first-order valence-electron chi connectivity index (χ1n) is 5.51. The topological polar surface area (TPSA) is 58.4 Å². The van der Waals surface area contributed by atoms with Crippen LogP contribution in [0.1, 0.15) is 16.8 Å². The summed E-state index contributed by atoms with van der Waals surface area (Å²) in [4.78, 5) is 13.3. The molecule has 0 unspecified atom stereocenters. The Hall–Kier alpha value is -1.26. The lowest BCUT2D eigenvalue weighted by Crippen LogP contribution is -2.21. The number of rotatable bonds is 5. The summed E-state index contributed by atoms with van der Waals surface area (Å²) < 4.78 is 0. The fourth-order valence-corrected chi connectivity index (χ4v) is 1.56. The van der Waals surface area contributed by atoms with Crippen molar-refractivity contribution in [2.45, 2.75) is 6.42 Å². The Kier molecular flexibility index (Phi) is 5.25. The van der Waals surface area contributed by atoms with Crippen molar-refractivity contribution in [2.75, 3.05) is 32.5 Å². The van der Waals surface area contributed by atoms with Crippen molar-refractivity contribution >= 4 is 23.2 Å². The number of hydrogen-bond acceptors (Lipinski definition) is 3. The zero-order valence-corrected chi connectivity index (χ0v) is 10.9. The van der Waals surface area contributed by atoms with Crippen LogP contribution < -0.4 is 11.1 Å². The molecule has 0 saturated heterocycles. The molecule has 0 spiro atoms. The monoisotopic (exact) mass is 255 g/mol. The van der Waals surface area contributed by atoms with Crippen LogP contribution in [0.3, 0.4) is 0 Å². The first-order chi connectivity index (χ1) is 8.06. The van der Waals surface area contributed by atoms with E-state index in [1.807, 2.05) is 0 Å². The summed E-state index contributed by atoms with van der Waals surface area (Å²) in [7, 11) is 3.44. The first-order valence-corrected chi connectivity index (χ1v) is 5.89. The van der Waals surface area contributed by atoms with Crippen LogP contribution in [0.4, 0.5) is 5.69 Å². The van der Waals surface area contributed by atoms with Gasteiger partial charge in [0.2, 0.25) is 0 Å². The molecule has 0 aliphatic carbocycles. The highest BCUT2D eigenvalue weighted by Gasteiger charge is 2.10. The highest BCUT2D eigenvalue weighted by atomic mass is 35.5. The van der Waals surface area contributed by atoms with Crippen molar-refractivity contribution in [3.8, 4) is 0 Å². The van der Waals surface area contributed by atoms with Crippen LogP contribution in [0, 0.1) is 0 Å². The van der Waals surface area contributed by atoms with Gasteiger partial charge in [0.1, 0.15) is 0 Å². The average Bonchev–Trinajstić information content (AvgIpc) is 2.30. The lowest BCUT2D eigenvalue weighted by Gasteiger charge is -2.13. The third-order valence-electron chi connectivity index (χ3n) is 2.32. The van der Waals surface area contributed by atoms with E-state index in [0.717, 1.165) is 18.7 Å². The molecule has 0 radical (unpaired) electrons. The Morgan fingerprint density at radius 1 is 1.47 bits per heavy atom. The molecule has 0 aliphatic heterocycles. The van der Waals surface area contributed by atoms with Gasteiger partial charge in [0.15, 0.2) is 0 Å². The molecule has 0 atom stereocenters. The van der Waals surface area contributed by atoms with E-state index < -0.39 is 0 Å². The molecular formula is C12H18ClN3O. The predicted octanol–water partition coefficient (Wildman–Crippen LogP) is 1.80. The van der Waals surface area contributed by atoms with Crippen LogP contribution in [0.5, 0.6) is 0 Å². The third kappa shape index (κ3) is 3.91. The normalized spacial score (nSPS) is 10.1. The molecule has 1 amide bonds. The van der Waals surface area contributed by atoms with Crippen molar-refractivity contribution in [1.29, 1.82) is 0 Å². The van der Waals surface area contributed by atoms with Crippen LogP contribution in [-0.2, 0) is 0 Å². The van der Waals surface area contributed by atoms with Gasteiger partial charge in [-0.3, -0.25) is 4.79 Å². The number of nitrogens with zero attached hydrogens (tertiary/aromatic N) is 1. The second-order valence-corrected chi connectivity index (χ2v) is 4.37. The summed E-state index contributed by atoms with van der Waals surface area (Å²) >= 11 is 6.04. The minimum absolute atomic E-state index is 0.0384. The van der Waals surface area contributed by atoms with Crippen LogP contribution >= 0.6 is 11.6 Å². The lowest BCUT2D eigenvalue weighted by molar-refractivity contribution is 0.0827. The van der Waals surface area contributed by atoms with Gasteiger partial charge in [-0.25, -0.2) is 0 Å². The molecular weight excluding hydrogens is 238 g/mol. The molecule has 0 aliphatic rings. The van der Waals surface area contributed by atoms with Crippen LogP contribution in [-0.4, -0.2) is 38.0 Å². The molecule has 0 aromatic heterocycles. The van der Waals surface area contributed by atoms with E-state index in [9.17, 15) is 4.79 Å². The second-order valence-electron chi connectivity index (χ2n) is 3.96. The number of nitrogens with two attached hydrogens (primary N) is 1. The Bertz CT molecular complexity index is 393. The number of benzene rings is 1. The van der Waals surface area contributed by atoms with Crippen LogP contribution in [0.15, 0.2) is 18.2 Å². The van der Waals surface area contributed by atoms with E-state index >= 15 is 0 Å². The third-order valence-corrected chi connectivity index (χ3v) is 2.65. The summed E-state index contributed by atoms with van der Waals surface area (Å²) in [6.07, 6.45) is 0.863. The van der Waals surface area contributed by atoms with Crippen molar-refractivity contribution in [2.24, 2.45) is 5.73 Å². The Morgan fingerprint density at radius 2 is 2.18 bits per heavy atom. The minimum Gasteiger partial charge on any atom is -0.384 e. The summed E-state index contributed by atoms with van der Waals surface area (Å²) in [6.45, 7) is 1.37. The Labute approximate surface area is 107 Å². The number of carbonyl (C=O) groups is 1. The second kappa shape index (κ2) is 6.47. The molecule has 94 valence electrons. The van der Waals surface area contributed by atoms with E-state index in [1.54, 1.807) is 32.3 Å². The van der Waals surface area contributed by atoms with Crippen LogP contribution in [0.25, 0.3) is 0 Å². The van der Waals surface area contributed by atoms with E-state index in [-0.39, 0.29) is 5.91 Å². The van der Waals surface area contributed by atoms with Gasteiger partial charge < -0.3 is 16.0 Å². The lowest BCUT2D eigenvalue weighted by atomic mass is 10.1. The molecule has 0 saturated carbocycles. The maximum Gasteiger partial charge on any atom is 0.253 e. The molecule has 0 fully saturated rings. The number of amides is 1. The summed E-state index contributed by atoms with van der Waals surface area (Å²) in [6, 6.07) is 5.21. The standard InChI is InChI=1S/C12H18ClN3O/c1-16(2)12(17)9-4-5-10(13)11(8-9)15-7-3-6-14/h4-5,8,15H,3,6-7,14H2,1-2H3. The van der Waals surface area contributed by atoms with Gasteiger partial charge in [-0.1, -0.05) is 11.6 Å². The van der Waals surface area contributed by atoms with Crippen LogP contribution in [0.2, 0.25) is 5.02 Å². The summed E-state index contributed by atoms with van der Waals surface area (Å²) in [5.74, 6) is -0.0384. The molecule has 3 N–H and O–H groups in total. The first kappa shape index (κ1) is 13.8. The van der Waals surface area contributed by atoms with Crippen molar-refractivity contribution < 1.29 is 4.79 Å². The highest BCUT2D eigenvalue weighted by Crippen LogP contribution is 2.23. The molecule has 1 aromatic carbocycles. The molecule has 1 rings (SSSR count). The maximum atomic E-state index is 11.8. The van der Waals surface area contributed by atoms with Gasteiger partial charge in [-0.05, 0) is 31.2 Å².